The molecule has 1 aliphatic rings. The maximum atomic E-state index is 11.9. The second-order valence-electron chi connectivity index (χ2n) is 7.52. The van der Waals surface area contributed by atoms with Crippen molar-refractivity contribution in [2.75, 3.05) is 26.7 Å². The molecule has 0 spiro atoms. The van der Waals surface area contributed by atoms with Crippen molar-refractivity contribution in [1.29, 1.82) is 0 Å². The van der Waals surface area contributed by atoms with E-state index in [0.29, 0.717) is 19.5 Å². The normalized spacial score (nSPS) is 17.6. The molecule has 2 amide bonds. The second kappa shape index (κ2) is 11.5. The molecule has 1 unspecified atom stereocenters. The molecule has 26 heavy (non-hydrogen) atoms. The number of nitrogens with one attached hydrogen (secondary N) is 3. The highest BCUT2D eigenvalue weighted by Crippen LogP contribution is 2.12. The summed E-state index contributed by atoms with van der Waals surface area (Å²) in [6.45, 7) is 11.4. The number of ether oxygens (including phenoxy) is 1. The number of aliphatic imine (C=N–C) groups is 1. The Balaban J connectivity index is 0.00000625. The zero-order valence-corrected chi connectivity index (χ0v) is 19.0. The zero-order chi connectivity index (χ0) is 19.0. The highest BCUT2D eigenvalue weighted by Gasteiger charge is 2.27. The molecule has 0 aliphatic carbocycles. The number of alkyl carbamates (subject to hydrolysis) is 1. The SMILES string of the molecule is CN=C(NCCC(=O)NC(C)C)N1CCC(NC(=O)OC(C)(C)C)C1.I. The molecule has 1 atom stereocenters. The second-order valence-corrected chi connectivity index (χ2v) is 7.52. The molecule has 9 heteroatoms. The third-order valence-corrected chi connectivity index (χ3v) is 3.51. The van der Waals surface area contributed by atoms with Gasteiger partial charge >= 0.3 is 6.09 Å². The quantitative estimate of drug-likeness (QED) is 0.315. The van der Waals surface area contributed by atoms with Gasteiger partial charge in [0.25, 0.3) is 0 Å². The molecule has 0 aromatic heterocycles. The number of amides is 2. The van der Waals surface area contributed by atoms with Crippen molar-refractivity contribution < 1.29 is 14.3 Å². The van der Waals surface area contributed by atoms with Gasteiger partial charge in [0.1, 0.15) is 5.60 Å². The molecular formula is C17H34IN5O3. The molecule has 0 saturated carbocycles. The fourth-order valence-corrected chi connectivity index (χ4v) is 2.56. The van der Waals surface area contributed by atoms with Crippen LogP contribution in [0.15, 0.2) is 4.99 Å². The highest BCUT2D eigenvalue weighted by atomic mass is 127. The summed E-state index contributed by atoms with van der Waals surface area (Å²) >= 11 is 0. The van der Waals surface area contributed by atoms with Crippen LogP contribution in [0.1, 0.15) is 47.5 Å². The summed E-state index contributed by atoms with van der Waals surface area (Å²) in [7, 11) is 1.71. The fourth-order valence-electron chi connectivity index (χ4n) is 2.56. The topological polar surface area (TPSA) is 95.1 Å². The summed E-state index contributed by atoms with van der Waals surface area (Å²) in [6, 6.07) is 0.169. The van der Waals surface area contributed by atoms with Crippen LogP contribution < -0.4 is 16.0 Å². The molecule has 0 radical (unpaired) electrons. The van der Waals surface area contributed by atoms with Crippen LogP contribution in [0.2, 0.25) is 0 Å². The lowest BCUT2D eigenvalue weighted by molar-refractivity contribution is -0.121. The van der Waals surface area contributed by atoms with E-state index in [-0.39, 0.29) is 42.0 Å². The first-order valence-corrected chi connectivity index (χ1v) is 8.85. The molecular weight excluding hydrogens is 449 g/mol. The Morgan fingerprint density at radius 1 is 1.31 bits per heavy atom. The minimum absolute atomic E-state index is 0. The number of hydrogen-bond acceptors (Lipinski definition) is 4. The Hall–Kier alpha value is -1.26. The number of nitrogens with zero attached hydrogens (tertiary/aromatic N) is 2. The van der Waals surface area contributed by atoms with Crippen LogP contribution in [0, 0.1) is 0 Å². The van der Waals surface area contributed by atoms with E-state index in [9.17, 15) is 9.59 Å². The largest absolute Gasteiger partial charge is 0.444 e. The Morgan fingerprint density at radius 2 is 1.96 bits per heavy atom. The van der Waals surface area contributed by atoms with E-state index in [2.05, 4.69) is 25.8 Å². The summed E-state index contributed by atoms with van der Waals surface area (Å²) < 4.78 is 5.29. The predicted molar refractivity (Wildman–Crippen MR) is 114 cm³/mol. The molecule has 0 aromatic carbocycles. The van der Waals surface area contributed by atoms with Crippen LogP contribution in [-0.2, 0) is 9.53 Å². The van der Waals surface area contributed by atoms with Crippen molar-refractivity contribution in [3.8, 4) is 0 Å². The monoisotopic (exact) mass is 483 g/mol. The van der Waals surface area contributed by atoms with Gasteiger partial charge in [-0.3, -0.25) is 9.79 Å². The van der Waals surface area contributed by atoms with Gasteiger partial charge in [0.15, 0.2) is 5.96 Å². The van der Waals surface area contributed by atoms with Gasteiger partial charge in [-0.05, 0) is 41.0 Å². The van der Waals surface area contributed by atoms with E-state index in [1.54, 1.807) is 7.05 Å². The Labute approximate surface area is 173 Å². The van der Waals surface area contributed by atoms with Crippen molar-refractivity contribution >= 4 is 41.9 Å². The standard InChI is InChI=1S/C17H33N5O3.HI/c1-12(2)20-14(23)7-9-19-15(18-6)22-10-8-13(11-22)21-16(24)25-17(3,4)5;/h12-13H,7-11H2,1-6H3,(H,18,19)(H,20,23)(H,21,24);1H. The van der Waals surface area contributed by atoms with Crippen molar-refractivity contribution in [3.05, 3.63) is 0 Å². The molecule has 1 saturated heterocycles. The van der Waals surface area contributed by atoms with Crippen LogP contribution in [0.3, 0.4) is 0 Å². The summed E-state index contributed by atoms with van der Waals surface area (Å²) in [5.41, 5.74) is -0.503. The number of rotatable bonds is 5. The molecule has 0 aromatic rings. The number of carbonyl (C=O) groups excluding carboxylic acids is 2. The predicted octanol–water partition coefficient (Wildman–Crippen LogP) is 1.69. The molecule has 3 N–H and O–H groups in total. The van der Waals surface area contributed by atoms with Crippen molar-refractivity contribution in [1.82, 2.24) is 20.9 Å². The zero-order valence-electron chi connectivity index (χ0n) is 16.7. The minimum Gasteiger partial charge on any atom is -0.444 e. The molecule has 1 aliphatic heterocycles. The van der Waals surface area contributed by atoms with Crippen LogP contribution in [0.5, 0.6) is 0 Å². The number of guanidine groups is 1. The Kier molecular flexibility index (Phi) is 10.9. The summed E-state index contributed by atoms with van der Waals surface area (Å²) in [4.78, 5) is 29.8. The number of likely N-dealkylation sites (tertiary alicyclic amines) is 1. The van der Waals surface area contributed by atoms with Gasteiger partial charge < -0.3 is 25.6 Å². The first kappa shape index (κ1) is 24.7. The number of halogens is 1. The van der Waals surface area contributed by atoms with Crippen molar-refractivity contribution in [2.45, 2.75) is 65.1 Å². The lowest BCUT2D eigenvalue weighted by atomic mass is 10.2. The van der Waals surface area contributed by atoms with Gasteiger partial charge in [0.2, 0.25) is 5.91 Å². The maximum Gasteiger partial charge on any atom is 0.407 e. The highest BCUT2D eigenvalue weighted by molar-refractivity contribution is 14.0. The van der Waals surface area contributed by atoms with Gasteiger partial charge in [0.05, 0.1) is 6.04 Å². The van der Waals surface area contributed by atoms with Gasteiger partial charge in [-0.15, -0.1) is 24.0 Å². The van der Waals surface area contributed by atoms with E-state index in [0.717, 1.165) is 18.9 Å². The lowest BCUT2D eigenvalue weighted by Gasteiger charge is -2.23. The average Bonchev–Trinajstić information content (AvgIpc) is 2.88. The summed E-state index contributed by atoms with van der Waals surface area (Å²) in [5, 5.41) is 8.95. The third-order valence-electron chi connectivity index (χ3n) is 3.51. The van der Waals surface area contributed by atoms with Crippen LogP contribution in [-0.4, -0.2) is 67.2 Å². The smallest absolute Gasteiger partial charge is 0.407 e. The van der Waals surface area contributed by atoms with Crippen LogP contribution >= 0.6 is 24.0 Å². The van der Waals surface area contributed by atoms with E-state index < -0.39 is 11.7 Å². The van der Waals surface area contributed by atoms with Gasteiger partial charge in [-0.25, -0.2) is 4.79 Å². The minimum atomic E-state index is -0.503. The molecule has 1 heterocycles. The molecule has 152 valence electrons. The van der Waals surface area contributed by atoms with Crippen LogP contribution in [0.25, 0.3) is 0 Å². The Bertz CT molecular complexity index is 491. The van der Waals surface area contributed by atoms with Gasteiger partial charge in [-0.2, -0.15) is 0 Å². The van der Waals surface area contributed by atoms with E-state index >= 15 is 0 Å². The Morgan fingerprint density at radius 3 is 2.50 bits per heavy atom. The number of hydrogen-bond donors (Lipinski definition) is 3. The molecule has 0 bridgehead atoms. The first-order chi connectivity index (χ1) is 11.6. The van der Waals surface area contributed by atoms with Gasteiger partial charge in [0, 0.05) is 39.1 Å². The summed E-state index contributed by atoms with van der Waals surface area (Å²) in [6.07, 6.45) is 0.825. The van der Waals surface area contributed by atoms with E-state index in [1.165, 1.54) is 0 Å². The number of carbonyl (C=O) groups is 2. The van der Waals surface area contributed by atoms with Crippen molar-refractivity contribution in [3.63, 3.8) is 0 Å². The fraction of sp³-hybridized carbons (Fsp3) is 0.824. The van der Waals surface area contributed by atoms with Crippen molar-refractivity contribution in [2.24, 2.45) is 4.99 Å². The third kappa shape index (κ3) is 10.0. The summed E-state index contributed by atoms with van der Waals surface area (Å²) in [5.74, 6) is 0.759. The molecule has 1 rings (SSSR count). The van der Waals surface area contributed by atoms with E-state index in [4.69, 9.17) is 4.74 Å². The van der Waals surface area contributed by atoms with E-state index in [1.807, 2.05) is 34.6 Å². The van der Waals surface area contributed by atoms with Gasteiger partial charge in [-0.1, -0.05) is 0 Å². The maximum absolute atomic E-state index is 11.9. The molecule has 8 nitrogen and oxygen atoms in total. The first-order valence-electron chi connectivity index (χ1n) is 8.85. The lowest BCUT2D eigenvalue weighted by Crippen LogP contribution is -2.45. The van der Waals surface area contributed by atoms with Crippen LogP contribution in [0.4, 0.5) is 4.79 Å². The molecule has 1 fully saturated rings. The average molecular weight is 483 g/mol.